The first-order valence-electron chi connectivity index (χ1n) is 6.21. The lowest BCUT2D eigenvalue weighted by Gasteiger charge is -2.18. The zero-order valence-corrected chi connectivity index (χ0v) is 13.2. The third-order valence-corrected chi connectivity index (χ3v) is 3.42. The first-order valence-corrected chi connectivity index (χ1v) is 7.01. The van der Waals surface area contributed by atoms with Crippen LogP contribution in [-0.4, -0.2) is 29.9 Å². The Hall–Kier alpha value is -1.95. The van der Waals surface area contributed by atoms with Gasteiger partial charge in [-0.25, -0.2) is 4.98 Å². The SMILES string of the molecule is COc1ccc(Br)cc1CN(C)C(=O)c1cccc(F)n1. The monoisotopic (exact) mass is 352 g/mol. The fourth-order valence-electron chi connectivity index (χ4n) is 1.92. The zero-order chi connectivity index (χ0) is 15.4. The molecule has 0 aliphatic carbocycles. The summed E-state index contributed by atoms with van der Waals surface area (Å²) < 4.78 is 19.2. The van der Waals surface area contributed by atoms with Crippen molar-refractivity contribution in [1.29, 1.82) is 0 Å². The van der Waals surface area contributed by atoms with Crippen LogP contribution in [0.25, 0.3) is 0 Å². The van der Waals surface area contributed by atoms with E-state index in [0.717, 1.165) is 10.0 Å². The van der Waals surface area contributed by atoms with Crippen LogP contribution < -0.4 is 4.74 Å². The Morgan fingerprint density at radius 1 is 1.38 bits per heavy atom. The molecule has 1 heterocycles. The molecule has 0 saturated carbocycles. The summed E-state index contributed by atoms with van der Waals surface area (Å²) >= 11 is 3.39. The second-order valence-corrected chi connectivity index (χ2v) is 5.38. The lowest BCUT2D eigenvalue weighted by Crippen LogP contribution is -2.27. The molecule has 0 radical (unpaired) electrons. The van der Waals surface area contributed by atoms with Crippen LogP contribution in [0.15, 0.2) is 40.9 Å². The van der Waals surface area contributed by atoms with Gasteiger partial charge in [0.15, 0.2) is 0 Å². The van der Waals surface area contributed by atoms with Crippen LogP contribution >= 0.6 is 15.9 Å². The topological polar surface area (TPSA) is 42.4 Å². The van der Waals surface area contributed by atoms with Gasteiger partial charge in [0.05, 0.1) is 7.11 Å². The van der Waals surface area contributed by atoms with E-state index in [0.29, 0.717) is 12.3 Å². The van der Waals surface area contributed by atoms with E-state index in [1.54, 1.807) is 14.2 Å². The number of carbonyl (C=O) groups excluding carboxylic acids is 1. The fraction of sp³-hybridized carbons (Fsp3) is 0.200. The van der Waals surface area contributed by atoms with Crippen molar-refractivity contribution in [3.8, 4) is 5.75 Å². The molecule has 2 aromatic rings. The van der Waals surface area contributed by atoms with Crippen molar-refractivity contribution in [2.24, 2.45) is 0 Å². The second-order valence-electron chi connectivity index (χ2n) is 4.46. The number of benzene rings is 1. The van der Waals surface area contributed by atoms with E-state index in [1.165, 1.54) is 23.1 Å². The summed E-state index contributed by atoms with van der Waals surface area (Å²) in [6, 6.07) is 9.70. The molecule has 6 heteroatoms. The maximum Gasteiger partial charge on any atom is 0.272 e. The van der Waals surface area contributed by atoms with E-state index < -0.39 is 5.95 Å². The molecule has 0 aliphatic heterocycles. The highest BCUT2D eigenvalue weighted by Gasteiger charge is 2.16. The standard InChI is InChI=1S/C15H14BrFN2O2/c1-19(15(20)12-4-3-5-14(17)18-12)9-10-8-11(16)6-7-13(10)21-2/h3-8H,9H2,1-2H3. The lowest BCUT2D eigenvalue weighted by atomic mass is 10.2. The summed E-state index contributed by atoms with van der Waals surface area (Å²) in [6.45, 7) is 0.333. The fourth-order valence-corrected chi connectivity index (χ4v) is 2.33. The second kappa shape index (κ2) is 6.67. The molecule has 0 unspecified atom stereocenters. The minimum atomic E-state index is -0.672. The molecule has 110 valence electrons. The van der Waals surface area contributed by atoms with Crippen molar-refractivity contribution < 1.29 is 13.9 Å². The molecule has 0 N–H and O–H groups in total. The van der Waals surface area contributed by atoms with Gasteiger partial charge in [0.2, 0.25) is 5.95 Å². The Morgan fingerprint density at radius 3 is 2.81 bits per heavy atom. The molecule has 4 nitrogen and oxygen atoms in total. The molecular weight excluding hydrogens is 339 g/mol. The van der Waals surface area contributed by atoms with Gasteiger partial charge in [0.25, 0.3) is 5.91 Å². The summed E-state index contributed by atoms with van der Waals surface area (Å²) in [5.41, 5.74) is 0.922. The van der Waals surface area contributed by atoms with Gasteiger partial charge in [0.1, 0.15) is 11.4 Å². The van der Waals surface area contributed by atoms with Gasteiger partial charge in [-0.3, -0.25) is 4.79 Å². The number of methoxy groups -OCH3 is 1. The number of carbonyl (C=O) groups is 1. The minimum Gasteiger partial charge on any atom is -0.496 e. The molecule has 0 fully saturated rings. The zero-order valence-electron chi connectivity index (χ0n) is 11.6. The van der Waals surface area contributed by atoms with Gasteiger partial charge in [-0.2, -0.15) is 4.39 Å². The van der Waals surface area contributed by atoms with Crippen molar-refractivity contribution in [2.75, 3.05) is 14.2 Å². The summed E-state index contributed by atoms with van der Waals surface area (Å²) in [4.78, 5) is 17.3. The number of hydrogen-bond donors (Lipinski definition) is 0. The van der Waals surface area contributed by atoms with Crippen molar-refractivity contribution in [3.63, 3.8) is 0 Å². The number of nitrogens with zero attached hydrogens (tertiary/aromatic N) is 2. The van der Waals surface area contributed by atoms with Crippen LogP contribution in [0.1, 0.15) is 16.1 Å². The van der Waals surface area contributed by atoms with Gasteiger partial charge in [-0.1, -0.05) is 22.0 Å². The van der Waals surface area contributed by atoms with E-state index in [-0.39, 0.29) is 11.6 Å². The molecule has 0 saturated heterocycles. The normalized spacial score (nSPS) is 10.3. The Balaban J connectivity index is 2.19. The predicted molar refractivity (Wildman–Crippen MR) is 80.7 cm³/mol. The Kier molecular flexibility index (Phi) is 4.90. The van der Waals surface area contributed by atoms with Gasteiger partial charge < -0.3 is 9.64 Å². The minimum absolute atomic E-state index is 0.0754. The van der Waals surface area contributed by atoms with Crippen molar-refractivity contribution in [3.05, 3.63) is 58.1 Å². The molecule has 1 aromatic heterocycles. The maximum atomic E-state index is 13.1. The smallest absolute Gasteiger partial charge is 0.272 e. The Bertz CT molecular complexity index is 664. The van der Waals surface area contributed by atoms with E-state index >= 15 is 0 Å². The van der Waals surface area contributed by atoms with Crippen LogP contribution in [0.2, 0.25) is 0 Å². The van der Waals surface area contributed by atoms with Crippen molar-refractivity contribution >= 4 is 21.8 Å². The Morgan fingerprint density at radius 2 is 2.14 bits per heavy atom. The molecule has 0 bridgehead atoms. The number of halogens is 2. The summed E-state index contributed by atoms with van der Waals surface area (Å²) in [5, 5.41) is 0. The third kappa shape index (κ3) is 3.78. The van der Waals surface area contributed by atoms with E-state index in [9.17, 15) is 9.18 Å². The average molecular weight is 353 g/mol. The van der Waals surface area contributed by atoms with Crippen LogP contribution in [0.4, 0.5) is 4.39 Å². The molecular formula is C15H14BrFN2O2. The first kappa shape index (κ1) is 15.4. The van der Waals surface area contributed by atoms with Gasteiger partial charge in [-0.05, 0) is 30.3 Å². The van der Waals surface area contributed by atoms with Gasteiger partial charge in [0, 0.05) is 23.6 Å². The third-order valence-electron chi connectivity index (χ3n) is 2.93. The summed E-state index contributed by atoms with van der Waals surface area (Å²) in [5.74, 6) is -0.337. The number of ether oxygens (including phenoxy) is 1. The summed E-state index contributed by atoms with van der Waals surface area (Å²) in [6.07, 6.45) is 0. The van der Waals surface area contributed by atoms with E-state index in [1.807, 2.05) is 18.2 Å². The van der Waals surface area contributed by atoms with Crippen LogP contribution in [-0.2, 0) is 6.54 Å². The number of aromatic nitrogens is 1. The molecule has 21 heavy (non-hydrogen) atoms. The number of amides is 1. The molecule has 1 amide bonds. The Labute approximate surface area is 130 Å². The number of hydrogen-bond acceptors (Lipinski definition) is 3. The predicted octanol–water partition coefficient (Wildman–Crippen LogP) is 3.26. The number of rotatable bonds is 4. The highest BCUT2D eigenvalue weighted by atomic mass is 79.9. The largest absolute Gasteiger partial charge is 0.496 e. The highest BCUT2D eigenvalue weighted by molar-refractivity contribution is 9.10. The van der Waals surface area contributed by atoms with Gasteiger partial charge >= 0.3 is 0 Å². The van der Waals surface area contributed by atoms with Crippen molar-refractivity contribution in [2.45, 2.75) is 6.54 Å². The quantitative estimate of drug-likeness (QED) is 0.793. The molecule has 0 atom stereocenters. The highest BCUT2D eigenvalue weighted by Crippen LogP contribution is 2.24. The summed E-state index contributed by atoms with van der Waals surface area (Å²) in [7, 11) is 3.21. The lowest BCUT2D eigenvalue weighted by molar-refractivity contribution is 0.0777. The van der Waals surface area contributed by atoms with Crippen LogP contribution in [0, 0.1) is 5.95 Å². The van der Waals surface area contributed by atoms with Gasteiger partial charge in [-0.15, -0.1) is 0 Å². The van der Waals surface area contributed by atoms with Crippen LogP contribution in [0.3, 0.4) is 0 Å². The molecule has 0 spiro atoms. The molecule has 1 aromatic carbocycles. The van der Waals surface area contributed by atoms with E-state index in [4.69, 9.17) is 4.74 Å². The maximum absolute atomic E-state index is 13.1. The molecule has 2 rings (SSSR count). The average Bonchev–Trinajstić information content (AvgIpc) is 2.46. The van der Waals surface area contributed by atoms with Crippen LogP contribution in [0.5, 0.6) is 5.75 Å². The van der Waals surface area contributed by atoms with Crippen molar-refractivity contribution in [1.82, 2.24) is 9.88 Å². The first-order chi connectivity index (χ1) is 10.0. The number of pyridine rings is 1. The van der Waals surface area contributed by atoms with E-state index in [2.05, 4.69) is 20.9 Å². The molecule has 0 aliphatic rings.